The van der Waals surface area contributed by atoms with Crippen LogP contribution in [0.1, 0.15) is 5.69 Å². The third-order valence-electron chi connectivity index (χ3n) is 1.61. The highest BCUT2D eigenvalue weighted by Crippen LogP contribution is 2.08. The summed E-state index contributed by atoms with van der Waals surface area (Å²) < 4.78 is 1.59. The lowest BCUT2D eigenvalue weighted by Crippen LogP contribution is -1.93. The Hall–Kier alpha value is -1.24. The minimum Gasteiger partial charge on any atom is -0.234 e. The Morgan fingerprint density at radius 2 is 2.29 bits per heavy atom. The monoisotopic (exact) mass is 225 g/mol. The van der Waals surface area contributed by atoms with Gasteiger partial charge in [0.25, 0.3) is 0 Å². The van der Waals surface area contributed by atoms with E-state index in [1.54, 1.807) is 22.8 Å². The number of rotatable bonds is 0. The van der Waals surface area contributed by atoms with Gasteiger partial charge in [0, 0.05) is 0 Å². The molecule has 0 atom stereocenters. The summed E-state index contributed by atoms with van der Waals surface area (Å²) in [6.07, 6.45) is 1.64. The molecule has 0 amide bonds. The second kappa shape index (κ2) is 3.87. The van der Waals surface area contributed by atoms with Crippen molar-refractivity contribution < 1.29 is 0 Å². The van der Waals surface area contributed by atoms with Gasteiger partial charge in [-0.15, -0.1) is 11.6 Å². The van der Waals surface area contributed by atoms with Gasteiger partial charge in [-0.05, 0) is 18.1 Å². The molecule has 2 heterocycles. The lowest BCUT2D eigenvalue weighted by atomic mass is 10.5. The van der Waals surface area contributed by atoms with Gasteiger partial charge in [0.15, 0.2) is 5.65 Å². The first-order valence-corrected chi connectivity index (χ1v) is 4.77. The fourth-order valence-corrected chi connectivity index (χ4v) is 1.27. The molecule has 0 aromatic carbocycles. The maximum atomic E-state index is 5.75. The molecule has 0 bridgehead atoms. The van der Waals surface area contributed by atoms with E-state index in [1.807, 2.05) is 0 Å². The van der Waals surface area contributed by atoms with Gasteiger partial charge < -0.3 is 0 Å². The van der Waals surface area contributed by atoms with Gasteiger partial charge in [0.1, 0.15) is 10.8 Å². The Morgan fingerprint density at radius 3 is 3.07 bits per heavy atom. The molecule has 0 aliphatic carbocycles. The van der Waals surface area contributed by atoms with Crippen molar-refractivity contribution in [1.82, 2.24) is 14.6 Å². The molecule has 0 spiro atoms. The molecule has 0 aliphatic rings. The van der Waals surface area contributed by atoms with Crippen LogP contribution < -0.4 is 0 Å². The summed E-state index contributed by atoms with van der Waals surface area (Å²) in [6.45, 7) is 0. The minimum atomic E-state index is 0.286. The van der Waals surface area contributed by atoms with Gasteiger partial charge in [-0.25, -0.2) is 9.50 Å². The molecule has 0 radical (unpaired) electrons. The first-order chi connectivity index (χ1) is 6.81. The SMILES string of the molecule is ClCC#Cc1cnc2ccc(Cl)nn12. The van der Waals surface area contributed by atoms with Crippen molar-refractivity contribution in [3.63, 3.8) is 0 Å². The summed E-state index contributed by atoms with van der Waals surface area (Å²) in [5, 5.41) is 4.47. The molecule has 0 saturated carbocycles. The number of hydrogen-bond donors (Lipinski definition) is 0. The maximum absolute atomic E-state index is 5.75. The van der Waals surface area contributed by atoms with Crippen LogP contribution in [0.3, 0.4) is 0 Å². The van der Waals surface area contributed by atoms with Gasteiger partial charge >= 0.3 is 0 Å². The molecular weight excluding hydrogens is 221 g/mol. The van der Waals surface area contributed by atoms with E-state index in [0.29, 0.717) is 16.5 Å². The summed E-state index contributed by atoms with van der Waals surface area (Å²) in [7, 11) is 0. The minimum absolute atomic E-state index is 0.286. The van der Waals surface area contributed by atoms with Crippen molar-refractivity contribution in [2.45, 2.75) is 0 Å². The number of nitrogens with zero attached hydrogens (tertiary/aromatic N) is 3. The Bertz CT molecular complexity index is 522. The molecule has 5 heteroatoms. The van der Waals surface area contributed by atoms with E-state index in [2.05, 4.69) is 21.9 Å². The van der Waals surface area contributed by atoms with Crippen LogP contribution in [0.4, 0.5) is 0 Å². The van der Waals surface area contributed by atoms with E-state index in [4.69, 9.17) is 23.2 Å². The molecule has 0 N–H and O–H groups in total. The van der Waals surface area contributed by atoms with Crippen LogP contribution in [0.2, 0.25) is 5.15 Å². The third-order valence-corrected chi connectivity index (χ3v) is 1.95. The number of aromatic nitrogens is 3. The maximum Gasteiger partial charge on any atom is 0.155 e. The van der Waals surface area contributed by atoms with Crippen molar-refractivity contribution in [3.05, 3.63) is 29.2 Å². The fraction of sp³-hybridized carbons (Fsp3) is 0.111. The zero-order chi connectivity index (χ0) is 9.97. The number of alkyl halides is 1. The summed E-state index contributed by atoms with van der Waals surface area (Å²) >= 11 is 11.2. The lowest BCUT2D eigenvalue weighted by molar-refractivity contribution is 0.924. The Morgan fingerprint density at radius 1 is 1.43 bits per heavy atom. The zero-order valence-electron chi connectivity index (χ0n) is 7.04. The van der Waals surface area contributed by atoms with Crippen molar-refractivity contribution in [2.75, 3.05) is 5.88 Å². The van der Waals surface area contributed by atoms with Gasteiger partial charge in [-0.1, -0.05) is 17.5 Å². The largest absolute Gasteiger partial charge is 0.234 e. The average molecular weight is 226 g/mol. The third kappa shape index (κ3) is 1.67. The van der Waals surface area contributed by atoms with E-state index in [9.17, 15) is 0 Å². The van der Waals surface area contributed by atoms with Gasteiger partial charge in [0.2, 0.25) is 0 Å². The summed E-state index contributed by atoms with van der Waals surface area (Å²) in [4.78, 5) is 4.11. The van der Waals surface area contributed by atoms with E-state index in [0.717, 1.165) is 0 Å². The van der Waals surface area contributed by atoms with Crippen molar-refractivity contribution in [3.8, 4) is 11.8 Å². The number of imidazole rings is 1. The Kier molecular flexibility index (Phi) is 2.58. The first-order valence-electron chi connectivity index (χ1n) is 3.86. The van der Waals surface area contributed by atoms with Crippen molar-refractivity contribution >= 4 is 28.8 Å². The average Bonchev–Trinajstić information content (AvgIpc) is 2.57. The smallest absolute Gasteiger partial charge is 0.155 e. The molecule has 3 nitrogen and oxygen atoms in total. The second-order valence-electron chi connectivity index (χ2n) is 2.50. The molecule has 2 rings (SSSR count). The molecule has 0 saturated heterocycles. The Labute approximate surface area is 90.7 Å². The van der Waals surface area contributed by atoms with Crippen LogP contribution >= 0.6 is 23.2 Å². The highest BCUT2D eigenvalue weighted by molar-refractivity contribution is 6.29. The predicted molar refractivity (Wildman–Crippen MR) is 55.6 cm³/mol. The topological polar surface area (TPSA) is 30.2 Å². The lowest BCUT2D eigenvalue weighted by Gasteiger charge is -1.93. The van der Waals surface area contributed by atoms with E-state index < -0.39 is 0 Å². The number of halogens is 2. The summed E-state index contributed by atoms with van der Waals surface area (Å²) in [6, 6.07) is 3.46. The highest BCUT2D eigenvalue weighted by atomic mass is 35.5. The van der Waals surface area contributed by atoms with Crippen LogP contribution in [0, 0.1) is 11.8 Å². The summed E-state index contributed by atoms with van der Waals surface area (Å²) in [5.74, 6) is 5.86. The molecule has 0 aliphatic heterocycles. The summed E-state index contributed by atoms with van der Waals surface area (Å²) in [5.41, 5.74) is 1.40. The van der Waals surface area contributed by atoms with Crippen molar-refractivity contribution in [1.29, 1.82) is 0 Å². The molecular formula is C9H5Cl2N3. The van der Waals surface area contributed by atoms with Gasteiger partial charge in [-0.2, -0.15) is 5.10 Å². The van der Waals surface area contributed by atoms with Crippen molar-refractivity contribution in [2.24, 2.45) is 0 Å². The highest BCUT2D eigenvalue weighted by Gasteiger charge is 2.01. The standard InChI is InChI=1S/C9H5Cl2N3/c10-5-1-2-7-6-12-9-4-3-8(11)13-14(7)9/h3-4,6H,5H2. The second-order valence-corrected chi connectivity index (χ2v) is 3.16. The van der Waals surface area contributed by atoms with E-state index >= 15 is 0 Å². The van der Waals surface area contributed by atoms with Crippen LogP contribution in [0.25, 0.3) is 5.65 Å². The van der Waals surface area contributed by atoms with Gasteiger partial charge in [0.05, 0.1) is 12.1 Å². The van der Waals surface area contributed by atoms with E-state index in [-0.39, 0.29) is 5.88 Å². The number of hydrogen-bond acceptors (Lipinski definition) is 2. The van der Waals surface area contributed by atoms with Gasteiger partial charge in [-0.3, -0.25) is 0 Å². The normalized spacial score (nSPS) is 9.86. The predicted octanol–water partition coefficient (Wildman–Crippen LogP) is 1.97. The molecule has 14 heavy (non-hydrogen) atoms. The molecule has 70 valence electrons. The number of fused-ring (bicyclic) bond motifs is 1. The zero-order valence-corrected chi connectivity index (χ0v) is 8.55. The van der Waals surface area contributed by atoms with Crippen LogP contribution in [0.5, 0.6) is 0 Å². The quantitative estimate of drug-likeness (QED) is 0.507. The Balaban J connectivity index is 2.61. The molecule has 2 aromatic heterocycles. The van der Waals surface area contributed by atoms with Crippen LogP contribution in [-0.2, 0) is 0 Å². The van der Waals surface area contributed by atoms with Crippen LogP contribution in [0.15, 0.2) is 18.3 Å². The molecule has 0 fully saturated rings. The molecule has 0 unspecified atom stereocenters. The first kappa shape index (κ1) is 9.32. The van der Waals surface area contributed by atoms with E-state index in [1.165, 1.54) is 0 Å². The molecule has 2 aromatic rings. The fourth-order valence-electron chi connectivity index (χ4n) is 1.06. The van der Waals surface area contributed by atoms with Crippen LogP contribution in [-0.4, -0.2) is 20.5 Å².